The van der Waals surface area contributed by atoms with E-state index in [0.717, 1.165) is 45.0 Å². The van der Waals surface area contributed by atoms with E-state index in [1.54, 1.807) is 4.57 Å². The number of hydrogen-bond donors (Lipinski definition) is 0. The van der Waals surface area contributed by atoms with E-state index >= 15 is 0 Å². The molecule has 1 aliphatic rings. The van der Waals surface area contributed by atoms with E-state index in [1.807, 2.05) is 0 Å². The Morgan fingerprint density at radius 1 is 1.35 bits per heavy atom. The van der Waals surface area contributed by atoms with Crippen LogP contribution in [-0.2, 0) is 27.0 Å². The molecule has 0 N–H and O–H groups in total. The van der Waals surface area contributed by atoms with Gasteiger partial charge in [-0.2, -0.15) is 0 Å². The van der Waals surface area contributed by atoms with Gasteiger partial charge in [-0.1, -0.05) is 0 Å². The van der Waals surface area contributed by atoms with E-state index in [9.17, 15) is 8.42 Å². The molecule has 1 aromatic heterocycles. The van der Waals surface area contributed by atoms with Crippen LogP contribution in [0.15, 0.2) is 11.4 Å². The molecule has 1 aliphatic heterocycles. The van der Waals surface area contributed by atoms with E-state index in [-0.39, 0.29) is 11.0 Å². The summed E-state index contributed by atoms with van der Waals surface area (Å²) in [7, 11) is -3.32. The number of alkyl halides is 1. The molecule has 0 bridgehead atoms. The van der Waals surface area contributed by atoms with Gasteiger partial charge in [0.05, 0.1) is 31.0 Å². The van der Waals surface area contributed by atoms with Gasteiger partial charge in [0.1, 0.15) is 0 Å². The first kappa shape index (κ1) is 15.8. The fourth-order valence-corrected chi connectivity index (χ4v) is 3.38. The fourth-order valence-electron chi connectivity index (χ4n) is 2.31. The van der Waals surface area contributed by atoms with Crippen molar-refractivity contribution >= 4 is 21.4 Å². The molecule has 1 saturated heterocycles. The van der Waals surface area contributed by atoms with Gasteiger partial charge >= 0.3 is 0 Å². The zero-order valence-electron chi connectivity index (χ0n) is 11.6. The van der Waals surface area contributed by atoms with Crippen molar-refractivity contribution in [3.63, 3.8) is 0 Å². The van der Waals surface area contributed by atoms with Gasteiger partial charge in [-0.3, -0.25) is 4.90 Å². The first-order valence-electron chi connectivity index (χ1n) is 6.63. The Hall–Kier alpha value is -0.630. The normalized spacial score (nSPS) is 17.5. The highest BCUT2D eigenvalue weighted by molar-refractivity contribution is 7.90. The molecule has 0 atom stereocenters. The van der Waals surface area contributed by atoms with E-state index in [2.05, 4.69) is 9.88 Å². The number of hydrogen-bond acceptors (Lipinski definition) is 5. The second-order valence-corrected chi connectivity index (χ2v) is 7.07. The average Bonchev–Trinajstić information content (AvgIpc) is 2.83. The molecule has 0 aliphatic carbocycles. The average molecular weight is 322 g/mol. The Bertz CT molecular complexity index is 538. The standard InChI is InChI=1S/C12H20ClN3O3S/c1-20(17,18)12-14-10-11(9-13)16(12)4-2-3-15-5-7-19-8-6-15/h10H,2-9H2,1H3. The van der Waals surface area contributed by atoms with Gasteiger partial charge in [0.25, 0.3) is 0 Å². The topological polar surface area (TPSA) is 64.4 Å². The largest absolute Gasteiger partial charge is 0.379 e. The molecule has 2 heterocycles. The second-order valence-electron chi connectivity index (χ2n) is 4.90. The Kier molecular flexibility index (Phi) is 5.42. The lowest BCUT2D eigenvalue weighted by Gasteiger charge is -2.26. The second kappa shape index (κ2) is 6.89. The van der Waals surface area contributed by atoms with Crippen LogP contribution in [0, 0.1) is 0 Å². The maximum Gasteiger partial charge on any atom is 0.227 e. The first-order valence-corrected chi connectivity index (χ1v) is 9.05. The van der Waals surface area contributed by atoms with E-state index < -0.39 is 9.84 Å². The quantitative estimate of drug-likeness (QED) is 0.723. The summed E-state index contributed by atoms with van der Waals surface area (Å²) in [5.74, 6) is 0.264. The number of nitrogens with zero attached hydrogens (tertiary/aromatic N) is 3. The number of aromatic nitrogens is 2. The molecule has 0 saturated carbocycles. The predicted octanol–water partition coefficient (Wildman–Crippen LogP) is 0.748. The molecule has 0 aromatic carbocycles. The third-order valence-corrected chi connectivity index (χ3v) is 4.59. The van der Waals surface area contributed by atoms with Crippen molar-refractivity contribution in [1.82, 2.24) is 14.5 Å². The van der Waals surface area contributed by atoms with E-state index in [4.69, 9.17) is 16.3 Å². The number of sulfone groups is 1. The molecule has 6 nitrogen and oxygen atoms in total. The number of rotatable bonds is 6. The lowest BCUT2D eigenvalue weighted by molar-refractivity contribution is 0.0368. The minimum absolute atomic E-state index is 0.107. The Morgan fingerprint density at radius 3 is 2.65 bits per heavy atom. The molecule has 8 heteroatoms. The van der Waals surface area contributed by atoms with E-state index in [0.29, 0.717) is 6.54 Å². The molecular weight excluding hydrogens is 302 g/mol. The maximum absolute atomic E-state index is 11.7. The highest BCUT2D eigenvalue weighted by Crippen LogP contribution is 2.14. The lowest BCUT2D eigenvalue weighted by atomic mass is 10.3. The maximum atomic E-state index is 11.7. The smallest absolute Gasteiger partial charge is 0.227 e. The predicted molar refractivity (Wildman–Crippen MR) is 76.8 cm³/mol. The highest BCUT2D eigenvalue weighted by Gasteiger charge is 2.18. The third-order valence-electron chi connectivity index (χ3n) is 3.33. The molecule has 114 valence electrons. The summed E-state index contributed by atoms with van der Waals surface area (Å²) in [4.78, 5) is 6.30. The molecule has 1 aromatic rings. The van der Waals surface area contributed by atoms with Crippen LogP contribution in [0.5, 0.6) is 0 Å². The minimum atomic E-state index is -3.32. The van der Waals surface area contributed by atoms with Crippen LogP contribution in [0.4, 0.5) is 0 Å². The van der Waals surface area contributed by atoms with Crippen molar-refractivity contribution in [3.8, 4) is 0 Å². The van der Waals surface area contributed by atoms with Crippen LogP contribution in [0.3, 0.4) is 0 Å². The summed E-state index contributed by atoms with van der Waals surface area (Å²) in [6.07, 6.45) is 3.58. The molecule has 0 amide bonds. The summed E-state index contributed by atoms with van der Waals surface area (Å²) in [6, 6.07) is 0. The van der Waals surface area contributed by atoms with Gasteiger partial charge in [-0.15, -0.1) is 11.6 Å². The monoisotopic (exact) mass is 321 g/mol. The SMILES string of the molecule is CS(=O)(=O)c1ncc(CCl)n1CCCN1CCOCC1. The summed E-state index contributed by atoms with van der Waals surface area (Å²) >= 11 is 5.84. The number of ether oxygens (including phenoxy) is 1. The van der Waals surface area contributed by atoms with Gasteiger partial charge in [0, 0.05) is 32.4 Å². The van der Waals surface area contributed by atoms with Gasteiger partial charge in [-0.25, -0.2) is 13.4 Å². The van der Waals surface area contributed by atoms with Crippen LogP contribution < -0.4 is 0 Å². The van der Waals surface area contributed by atoms with Crippen molar-refractivity contribution in [1.29, 1.82) is 0 Å². The molecular formula is C12H20ClN3O3S. The Labute approximate surface area is 124 Å². The van der Waals surface area contributed by atoms with Crippen molar-refractivity contribution in [3.05, 3.63) is 11.9 Å². The highest BCUT2D eigenvalue weighted by atomic mass is 35.5. The molecule has 0 unspecified atom stereocenters. The van der Waals surface area contributed by atoms with Gasteiger partial charge < -0.3 is 9.30 Å². The summed E-state index contributed by atoms with van der Waals surface area (Å²) in [6.45, 7) is 4.95. The van der Waals surface area contributed by atoms with Crippen LogP contribution in [0.2, 0.25) is 0 Å². The number of halogens is 1. The Balaban J connectivity index is 1.99. The molecule has 1 fully saturated rings. The summed E-state index contributed by atoms with van der Waals surface area (Å²) in [5.41, 5.74) is 0.745. The fraction of sp³-hybridized carbons (Fsp3) is 0.750. The van der Waals surface area contributed by atoms with Crippen molar-refractivity contribution in [2.45, 2.75) is 24.0 Å². The van der Waals surface area contributed by atoms with Crippen LogP contribution in [0.25, 0.3) is 0 Å². The van der Waals surface area contributed by atoms with Crippen LogP contribution in [0.1, 0.15) is 12.1 Å². The lowest BCUT2D eigenvalue weighted by Crippen LogP contribution is -2.37. The van der Waals surface area contributed by atoms with Gasteiger partial charge in [-0.05, 0) is 6.42 Å². The van der Waals surface area contributed by atoms with Crippen molar-refractivity contribution in [2.24, 2.45) is 0 Å². The molecule has 20 heavy (non-hydrogen) atoms. The number of morpholine rings is 1. The van der Waals surface area contributed by atoms with Gasteiger partial charge in [0.15, 0.2) is 0 Å². The van der Waals surface area contributed by atoms with Crippen LogP contribution in [-0.4, -0.2) is 62.0 Å². The van der Waals surface area contributed by atoms with Crippen molar-refractivity contribution in [2.75, 3.05) is 39.1 Å². The Morgan fingerprint density at radius 2 is 2.05 bits per heavy atom. The van der Waals surface area contributed by atoms with Crippen molar-refractivity contribution < 1.29 is 13.2 Å². The summed E-state index contributed by atoms with van der Waals surface area (Å²) < 4.78 is 30.4. The van der Waals surface area contributed by atoms with Gasteiger partial charge in [0.2, 0.25) is 15.0 Å². The van der Waals surface area contributed by atoms with Crippen LogP contribution >= 0.6 is 11.6 Å². The minimum Gasteiger partial charge on any atom is -0.379 e. The zero-order chi connectivity index (χ0) is 14.6. The summed E-state index contributed by atoms with van der Waals surface area (Å²) in [5, 5.41) is 0.107. The molecule has 2 rings (SSSR count). The third kappa shape index (κ3) is 3.94. The first-order chi connectivity index (χ1) is 9.52. The molecule has 0 radical (unpaired) electrons. The number of imidazole rings is 1. The van der Waals surface area contributed by atoms with E-state index in [1.165, 1.54) is 12.5 Å². The molecule has 0 spiro atoms. The zero-order valence-corrected chi connectivity index (χ0v) is 13.2.